The molecular weight excluding hydrogens is 411 g/mol. The molecule has 2 aromatic rings. The first kappa shape index (κ1) is 19.5. The van der Waals surface area contributed by atoms with Crippen molar-refractivity contribution in [3.05, 3.63) is 63.4 Å². The van der Waals surface area contributed by atoms with E-state index < -0.39 is 5.82 Å². The Morgan fingerprint density at radius 3 is 2.63 bits per heavy atom. The Kier molecular flexibility index (Phi) is 5.95. The standard InChI is InChI=1S/C21H22BrFN2O2/c1-13-11-15(21(27)25-10-4-3-5-14(25)2)6-9-19(13)24-20(26)17-8-7-16(23)12-18(17)22/h6-9,11-12,14H,3-5,10H2,1-2H3,(H,24,26). The largest absolute Gasteiger partial charge is 0.336 e. The summed E-state index contributed by atoms with van der Waals surface area (Å²) in [6.45, 7) is 4.72. The lowest BCUT2D eigenvalue weighted by Crippen LogP contribution is -2.42. The lowest BCUT2D eigenvalue weighted by atomic mass is 10.0. The molecule has 2 aromatic carbocycles. The molecule has 1 fully saturated rings. The minimum Gasteiger partial charge on any atom is -0.336 e. The van der Waals surface area contributed by atoms with E-state index in [0.717, 1.165) is 31.4 Å². The SMILES string of the molecule is Cc1cc(C(=O)N2CCCCC2C)ccc1NC(=O)c1ccc(F)cc1Br. The van der Waals surface area contributed by atoms with Gasteiger partial charge in [0.15, 0.2) is 0 Å². The quantitative estimate of drug-likeness (QED) is 0.727. The predicted octanol–water partition coefficient (Wildman–Crippen LogP) is 5.16. The number of hydrogen-bond acceptors (Lipinski definition) is 2. The molecule has 0 radical (unpaired) electrons. The van der Waals surface area contributed by atoms with Gasteiger partial charge in [-0.15, -0.1) is 0 Å². The second kappa shape index (κ2) is 8.21. The van der Waals surface area contributed by atoms with Crippen LogP contribution in [0.3, 0.4) is 0 Å². The first-order valence-electron chi connectivity index (χ1n) is 9.05. The van der Waals surface area contributed by atoms with Crippen LogP contribution in [0.1, 0.15) is 52.5 Å². The molecule has 1 saturated heterocycles. The van der Waals surface area contributed by atoms with Crippen LogP contribution in [0.25, 0.3) is 0 Å². The summed E-state index contributed by atoms with van der Waals surface area (Å²) >= 11 is 3.21. The van der Waals surface area contributed by atoms with E-state index in [2.05, 4.69) is 28.2 Å². The van der Waals surface area contributed by atoms with Gasteiger partial charge < -0.3 is 10.2 Å². The van der Waals surface area contributed by atoms with Crippen LogP contribution in [0.2, 0.25) is 0 Å². The molecule has 1 N–H and O–H groups in total. The van der Waals surface area contributed by atoms with Gasteiger partial charge in [0.1, 0.15) is 5.82 Å². The number of aryl methyl sites for hydroxylation is 1. The van der Waals surface area contributed by atoms with Crippen molar-refractivity contribution in [1.82, 2.24) is 4.90 Å². The lowest BCUT2D eigenvalue weighted by Gasteiger charge is -2.33. The van der Waals surface area contributed by atoms with Crippen molar-refractivity contribution in [3.8, 4) is 0 Å². The number of amides is 2. The number of nitrogens with one attached hydrogen (secondary N) is 1. The van der Waals surface area contributed by atoms with Gasteiger partial charge in [-0.3, -0.25) is 9.59 Å². The van der Waals surface area contributed by atoms with Crippen LogP contribution < -0.4 is 5.32 Å². The molecule has 3 rings (SSSR count). The van der Waals surface area contributed by atoms with Crippen molar-refractivity contribution in [2.24, 2.45) is 0 Å². The Bertz CT molecular complexity index is 884. The molecule has 6 heteroatoms. The van der Waals surface area contributed by atoms with E-state index in [0.29, 0.717) is 21.3 Å². The molecule has 0 saturated carbocycles. The fourth-order valence-electron chi connectivity index (χ4n) is 3.37. The van der Waals surface area contributed by atoms with Crippen LogP contribution in [0.5, 0.6) is 0 Å². The zero-order valence-corrected chi connectivity index (χ0v) is 17.0. The number of halogens is 2. The molecule has 0 aliphatic carbocycles. The number of benzene rings is 2. The van der Waals surface area contributed by atoms with Crippen LogP contribution in [-0.4, -0.2) is 29.3 Å². The highest BCUT2D eigenvalue weighted by atomic mass is 79.9. The van der Waals surface area contributed by atoms with E-state index in [4.69, 9.17) is 0 Å². The van der Waals surface area contributed by atoms with Gasteiger partial charge in [-0.25, -0.2) is 4.39 Å². The summed E-state index contributed by atoms with van der Waals surface area (Å²) in [5.41, 5.74) is 2.40. The summed E-state index contributed by atoms with van der Waals surface area (Å²) in [5, 5.41) is 2.82. The van der Waals surface area contributed by atoms with Crippen molar-refractivity contribution in [2.75, 3.05) is 11.9 Å². The predicted molar refractivity (Wildman–Crippen MR) is 108 cm³/mol. The molecular formula is C21H22BrFN2O2. The summed E-state index contributed by atoms with van der Waals surface area (Å²) in [4.78, 5) is 27.2. The van der Waals surface area contributed by atoms with Gasteiger partial charge in [0.05, 0.1) is 5.56 Å². The van der Waals surface area contributed by atoms with Gasteiger partial charge in [0.25, 0.3) is 11.8 Å². The minimum absolute atomic E-state index is 0.0319. The maximum absolute atomic E-state index is 13.2. The average Bonchev–Trinajstić information content (AvgIpc) is 2.63. The van der Waals surface area contributed by atoms with Crippen LogP contribution in [0, 0.1) is 12.7 Å². The maximum atomic E-state index is 13.2. The van der Waals surface area contributed by atoms with Gasteiger partial charge in [0.2, 0.25) is 0 Å². The fraction of sp³-hybridized carbons (Fsp3) is 0.333. The molecule has 1 heterocycles. The third-order valence-corrected chi connectivity index (χ3v) is 5.62. The topological polar surface area (TPSA) is 49.4 Å². The van der Waals surface area contributed by atoms with Crippen molar-refractivity contribution >= 4 is 33.4 Å². The van der Waals surface area contributed by atoms with Gasteiger partial charge in [-0.2, -0.15) is 0 Å². The number of rotatable bonds is 3. The monoisotopic (exact) mass is 432 g/mol. The summed E-state index contributed by atoms with van der Waals surface area (Å²) in [5.74, 6) is -0.720. The molecule has 0 spiro atoms. The summed E-state index contributed by atoms with van der Waals surface area (Å²) < 4.78 is 13.6. The molecule has 1 aliphatic heterocycles. The zero-order chi connectivity index (χ0) is 19.6. The highest BCUT2D eigenvalue weighted by Crippen LogP contribution is 2.24. The second-order valence-electron chi connectivity index (χ2n) is 6.95. The van der Waals surface area contributed by atoms with E-state index in [9.17, 15) is 14.0 Å². The van der Waals surface area contributed by atoms with E-state index in [-0.39, 0.29) is 17.9 Å². The average molecular weight is 433 g/mol. The zero-order valence-electron chi connectivity index (χ0n) is 15.4. The summed E-state index contributed by atoms with van der Waals surface area (Å²) in [6.07, 6.45) is 3.23. The van der Waals surface area contributed by atoms with Crippen molar-refractivity contribution in [3.63, 3.8) is 0 Å². The van der Waals surface area contributed by atoms with Gasteiger partial charge in [-0.1, -0.05) is 0 Å². The Labute approximate surface area is 166 Å². The summed E-state index contributed by atoms with van der Waals surface area (Å²) in [7, 11) is 0. The minimum atomic E-state index is -0.413. The molecule has 27 heavy (non-hydrogen) atoms. The molecule has 1 atom stereocenters. The number of carbonyl (C=O) groups excluding carboxylic acids is 2. The number of carbonyl (C=O) groups is 2. The van der Waals surface area contributed by atoms with Crippen molar-refractivity contribution in [2.45, 2.75) is 39.2 Å². The number of anilines is 1. The smallest absolute Gasteiger partial charge is 0.256 e. The Morgan fingerprint density at radius 2 is 1.96 bits per heavy atom. The molecule has 2 amide bonds. The molecule has 1 unspecified atom stereocenters. The highest BCUT2D eigenvalue weighted by molar-refractivity contribution is 9.10. The van der Waals surface area contributed by atoms with Crippen LogP contribution in [0.4, 0.5) is 10.1 Å². The molecule has 4 nitrogen and oxygen atoms in total. The summed E-state index contributed by atoms with van der Waals surface area (Å²) in [6, 6.07) is 9.47. The second-order valence-corrected chi connectivity index (χ2v) is 7.81. The Balaban J connectivity index is 1.76. The van der Waals surface area contributed by atoms with Crippen molar-refractivity contribution in [1.29, 1.82) is 0 Å². The van der Waals surface area contributed by atoms with Crippen LogP contribution in [-0.2, 0) is 0 Å². The number of piperidine rings is 1. The van der Waals surface area contributed by atoms with E-state index >= 15 is 0 Å². The Hall–Kier alpha value is -2.21. The first-order chi connectivity index (χ1) is 12.9. The van der Waals surface area contributed by atoms with E-state index in [1.165, 1.54) is 18.2 Å². The first-order valence-corrected chi connectivity index (χ1v) is 9.84. The van der Waals surface area contributed by atoms with Crippen LogP contribution >= 0.6 is 15.9 Å². The van der Waals surface area contributed by atoms with Gasteiger partial charge >= 0.3 is 0 Å². The Morgan fingerprint density at radius 1 is 1.19 bits per heavy atom. The van der Waals surface area contributed by atoms with E-state index in [1.54, 1.807) is 18.2 Å². The van der Waals surface area contributed by atoms with Gasteiger partial charge in [-0.05, 0) is 91.0 Å². The van der Waals surface area contributed by atoms with Gasteiger partial charge in [0, 0.05) is 28.3 Å². The van der Waals surface area contributed by atoms with E-state index in [1.807, 2.05) is 11.8 Å². The fourth-order valence-corrected chi connectivity index (χ4v) is 3.90. The number of likely N-dealkylation sites (tertiary alicyclic amines) is 1. The molecule has 142 valence electrons. The normalized spacial score (nSPS) is 16.9. The number of nitrogens with zero attached hydrogens (tertiary/aromatic N) is 1. The third kappa shape index (κ3) is 4.38. The lowest BCUT2D eigenvalue weighted by molar-refractivity contribution is 0.0635. The molecule has 0 aromatic heterocycles. The molecule has 1 aliphatic rings. The van der Waals surface area contributed by atoms with Crippen LogP contribution in [0.15, 0.2) is 40.9 Å². The third-order valence-electron chi connectivity index (χ3n) is 4.96. The number of hydrogen-bond donors (Lipinski definition) is 1. The maximum Gasteiger partial charge on any atom is 0.256 e. The molecule has 0 bridgehead atoms. The highest BCUT2D eigenvalue weighted by Gasteiger charge is 2.24. The van der Waals surface area contributed by atoms with Crippen molar-refractivity contribution < 1.29 is 14.0 Å².